The molecular formula is C18H17N3O4. The van der Waals surface area contributed by atoms with Crippen LogP contribution in [-0.4, -0.2) is 42.5 Å². The summed E-state index contributed by atoms with van der Waals surface area (Å²) < 4.78 is 5.22. The second-order valence-corrected chi connectivity index (χ2v) is 5.70. The molecule has 1 aromatic heterocycles. The quantitative estimate of drug-likeness (QED) is 0.842. The predicted molar refractivity (Wildman–Crippen MR) is 91.4 cm³/mol. The number of carbonyl (C=O) groups excluding carboxylic acids is 3. The fraction of sp³-hybridized carbons (Fsp3) is 0.222. The van der Waals surface area contributed by atoms with Crippen molar-refractivity contribution in [1.82, 2.24) is 10.3 Å². The summed E-state index contributed by atoms with van der Waals surface area (Å²) >= 11 is 0. The van der Waals surface area contributed by atoms with Crippen LogP contribution in [0.2, 0.25) is 0 Å². The van der Waals surface area contributed by atoms with Crippen LogP contribution in [0.1, 0.15) is 17.3 Å². The lowest BCUT2D eigenvalue weighted by molar-refractivity contribution is -0.119. The lowest BCUT2D eigenvalue weighted by atomic mass is 10.1. The van der Waals surface area contributed by atoms with Gasteiger partial charge in [-0.3, -0.25) is 14.5 Å². The molecule has 0 saturated carbocycles. The highest BCUT2D eigenvalue weighted by atomic mass is 16.6. The van der Waals surface area contributed by atoms with Crippen molar-refractivity contribution >= 4 is 24.1 Å². The molecule has 0 bridgehead atoms. The summed E-state index contributed by atoms with van der Waals surface area (Å²) in [6, 6.07) is 10.8. The standard InChI is InChI=1S/C18H17N3O4/c1-12(23)19-9-16-10-21(18(24)25-16)17-7-6-15(8-20-17)14-4-2-13(11-22)3-5-14/h2-8,11,16H,9-10H2,1H3,(H,19,23)/t16-/m0/s1. The van der Waals surface area contributed by atoms with Crippen LogP contribution in [0, 0.1) is 0 Å². The first-order valence-electron chi connectivity index (χ1n) is 7.81. The van der Waals surface area contributed by atoms with Crippen molar-refractivity contribution in [3.63, 3.8) is 0 Å². The lowest BCUT2D eigenvalue weighted by Gasteiger charge is -2.12. The molecule has 0 radical (unpaired) electrons. The molecule has 0 unspecified atom stereocenters. The van der Waals surface area contributed by atoms with Crippen LogP contribution in [0.5, 0.6) is 0 Å². The molecule has 3 rings (SSSR count). The minimum atomic E-state index is -0.481. The van der Waals surface area contributed by atoms with Crippen molar-refractivity contribution in [2.24, 2.45) is 0 Å². The molecule has 1 N–H and O–H groups in total. The highest BCUT2D eigenvalue weighted by Crippen LogP contribution is 2.24. The molecule has 25 heavy (non-hydrogen) atoms. The van der Waals surface area contributed by atoms with Gasteiger partial charge in [0.15, 0.2) is 0 Å². The van der Waals surface area contributed by atoms with Gasteiger partial charge >= 0.3 is 6.09 Å². The van der Waals surface area contributed by atoms with Gasteiger partial charge in [-0.15, -0.1) is 0 Å². The summed E-state index contributed by atoms with van der Waals surface area (Å²) in [5.41, 5.74) is 2.42. The monoisotopic (exact) mass is 339 g/mol. The molecule has 2 heterocycles. The van der Waals surface area contributed by atoms with E-state index in [1.807, 2.05) is 18.2 Å². The van der Waals surface area contributed by atoms with Gasteiger partial charge in [0.1, 0.15) is 18.2 Å². The number of benzene rings is 1. The Balaban J connectivity index is 1.70. The van der Waals surface area contributed by atoms with Gasteiger partial charge in [-0.1, -0.05) is 24.3 Å². The highest BCUT2D eigenvalue weighted by molar-refractivity contribution is 5.89. The molecule has 2 amide bonds. The molecule has 7 heteroatoms. The van der Waals surface area contributed by atoms with Crippen molar-refractivity contribution in [1.29, 1.82) is 0 Å². The molecule has 1 fully saturated rings. The fourth-order valence-electron chi connectivity index (χ4n) is 2.54. The summed E-state index contributed by atoms with van der Waals surface area (Å²) in [7, 11) is 0. The minimum Gasteiger partial charge on any atom is -0.442 e. The number of cyclic esters (lactones) is 1. The third-order valence-corrected chi connectivity index (χ3v) is 3.86. The van der Waals surface area contributed by atoms with E-state index in [1.54, 1.807) is 24.4 Å². The number of hydrogen-bond acceptors (Lipinski definition) is 5. The van der Waals surface area contributed by atoms with Gasteiger partial charge < -0.3 is 10.1 Å². The zero-order valence-electron chi connectivity index (χ0n) is 13.6. The Morgan fingerprint density at radius 2 is 2.00 bits per heavy atom. The first-order valence-corrected chi connectivity index (χ1v) is 7.81. The van der Waals surface area contributed by atoms with E-state index in [4.69, 9.17) is 4.74 Å². The maximum Gasteiger partial charge on any atom is 0.416 e. The Morgan fingerprint density at radius 1 is 1.28 bits per heavy atom. The van der Waals surface area contributed by atoms with E-state index >= 15 is 0 Å². The van der Waals surface area contributed by atoms with Crippen LogP contribution >= 0.6 is 0 Å². The Labute approximate surface area is 144 Å². The van der Waals surface area contributed by atoms with Crippen LogP contribution in [0.3, 0.4) is 0 Å². The van der Waals surface area contributed by atoms with E-state index < -0.39 is 12.2 Å². The van der Waals surface area contributed by atoms with Crippen LogP contribution < -0.4 is 10.2 Å². The number of rotatable bonds is 5. The topological polar surface area (TPSA) is 88.6 Å². The van der Waals surface area contributed by atoms with Gasteiger partial charge in [0.25, 0.3) is 0 Å². The number of aromatic nitrogens is 1. The van der Waals surface area contributed by atoms with Crippen LogP contribution in [0.15, 0.2) is 42.6 Å². The van der Waals surface area contributed by atoms with E-state index in [0.717, 1.165) is 17.4 Å². The second-order valence-electron chi connectivity index (χ2n) is 5.70. The molecule has 7 nitrogen and oxygen atoms in total. The maximum atomic E-state index is 12.0. The lowest BCUT2D eigenvalue weighted by Crippen LogP contribution is -2.33. The van der Waals surface area contributed by atoms with Gasteiger partial charge in [-0.05, 0) is 17.7 Å². The molecule has 1 atom stereocenters. The molecular weight excluding hydrogens is 322 g/mol. The number of hydrogen-bond donors (Lipinski definition) is 1. The number of carbonyl (C=O) groups is 3. The van der Waals surface area contributed by atoms with Gasteiger partial charge in [0, 0.05) is 24.2 Å². The zero-order valence-corrected chi connectivity index (χ0v) is 13.6. The van der Waals surface area contributed by atoms with E-state index in [1.165, 1.54) is 11.8 Å². The Hall–Kier alpha value is -3.22. The van der Waals surface area contributed by atoms with Gasteiger partial charge in [-0.2, -0.15) is 0 Å². The number of nitrogens with one attached hydrogen (secondary N) is 1. The first-order chi connectivity index (χ1) is 12.1. The van der Waals surface area contributed by atoms with Gasteiger partial charge in [0.05, 0.1) is 13.1 Å². The number of anilines is 1. The van der Waals surface area contributed by atoms with E-state index in [-0.39, 0.29) is 12.5 Å². The SMILES string of the molecule is CC(=O)NC[C@H]1CN(c2ccc(-c3ccc(C=O)cc3)cn2)C(=O)O1. The average molecular weight is 339 g/mol. The maximum absolute atomic E-state index is 12.0. The third-order valence-electron chi connectivity index (χ3n) is 3.86. The molecule has 1 aliphatic rings. The molecule has 0 aliphatic carbocycles. The number of pyridine rings is 1. The molecule has 1 aromatic carbocycles. The third kappa shape index (κ3) is 3.82. The first kappa shape index (κ1) is 16.6. The second kappa shape index (κ2) is 7.12. The van der Waals surface area contributed by atoms with E-state index in [2.05, 4.69) is 10.3 Å². The van der Waals surface area contributed by atoms with Crippen LogP contribution in [0.4, 0.5) is 10.6 Å². The van der Waals surface area contributed by atoms with Crippen molar-refractivity contribution in [2.45, 2.75) is 13.0 Å². The van der Waals surface area contributed by atoms with Crippen molar-refractivity contribution < 1.29 is 19.1 Å². The molecule has 0 spiro atoms. The Bertz CT molecular complexity index is 787. The minimum absolute atomic E-state index is 0.169. The summed E-state index contributed by atoms with van der Waals surface area (Å²) in [6.45, 7) is 2.02. The Kier molecular flexibility index (Phi) is 4.74. The average Bonchev–Trinajstić information content (AvgIpc) is 3.01. The molecule has 1 aliphatic heterocycles. The summed E-state index contributed by atoms with van der Waals surface area (Å²) in [5, 5.41) is 2.63. The van der Waals surface area contributed by atoms with Crippen molar-refractivity contribution in [3.05, 3.63) is 48.2 Å². The number of ether oxygens (including phenoxy) is 1. The fourth-order valence-corrected chi connectivity index (χ4v) is 2.54. The molecule has 1 saturated heterocycles. The van der Waals surface area contributed by atoms with Crippen molar-refractivity contribution in [3.8, 4) is 11.1 Å². The summed E-state index contributed by atoms with van der Waals surface area (Å²) in [6.07, 6.45) is 1.58. The number of nitrogens with zero attached hydrogens (tertiary/aromatic N) is 2. The smallest absolute Gasteiger partial charge is 0.416 e. The predicted octanol–water partition coefficient (Wildman–Crippen LogP) is 2.02. The normalized spacial score (nSPS) is 16.4. The van der Waals surface area contributed by atoms with Crippen LogP contribution in [-0.2, 0) is 9.53 Å². The van der Waals surface area contributed by atoms with Gasteiger partial charge in [-0.25, -0.2) is 9.78 Å². The molecule has 128 valence electrons. The van der Waals surface area contributed by atoms with E-state index in [0.29, 0.717) is 17.9 Å². The van der Waals surface area contributed by atoms with Gasteiger partial charge in [0.2, 0.25) is 5.91 Å². The van der Waals surface area contributed by atoms with E-state index in [9.17, 15) is 14.4 Å². The van der Waals surface area contributed by atoms with Crippen molar-refractivity contribution in [2.75, 3.05) is 18.0 Å². The molecule has 2 aromatic rings. The summed E-state index contributed by atoms with van der Waals surface area (Å²) in [4.78, 5) is 39.4. The van der Waals surface area contributed by atoms with Crippen LogP contribution in [0.25, 0.3) is 11.1 Å². The highest BCUT2D eigenvalue weighted by Gasteiger charge is 2.33. The zero-order chi connectivity index (χ0) is 17.8. The summed E-state index contributed by atoms with van der Waals surface area (Å²) in [5.74, 6) is 0.321. The number of aldehydes is 1. The largest absolute Gasteiger partial charge is 0.442 e. The number of amides is 2. The Morgan fingerprint density at radius 3 is 2.60 bits per heavy atom.